The van der Waals surface area contributed by atoms with Crippen LogP contribution in [0.5, 0.6) is 0 Å². The minimum atomic E-state index is 0.0766. The fraction of sp³-hybridized carbons (Fsp3) is 0.273. The predicted molar refractivity (Wildman–Crippen MR) is 61.9 cm³/mol. The smallest absolute Gasteiger partial charge is 0.0854 e. The summed E-state index contributed by atoms with van der Waals surface area (Å²) in [6, 6.07) is 5.64. The number of rotatable bonds is 3. The Morgan fingerprint density at radius 2 is 2.25 bits per heavy atom. The van der Waals surface area contributed by atoms with Crippen molar-refractivity contribution < 1.29 is 5.11 Å². The first kappa shape index (κ1) is 11.1. The molecule has 0 unspecified atom stereocenters. The van der Waals surface area contributed by atoms with Crippen LogP contribution in [-0.4, -0.2) is 26.7 Å². The molecule has 5 heteroatoms. The number of aliphatic hydroxyl groups excluding tert-OH is 1. The predicted octanol–water partition coefficient (Wildman–Crippen LogP) is 1.76. The molecular weight excluding hydrogens is 226 g/mol. The SMILES string of the molecule is Cc1c(Cl)cccc1-n1cc(CCO)nn1. The van der Waals surface area contributed by atoms with Gasteiger partial charge in [-0.3, -0.25) is 0 Å². The molecule has 16 heavy (non-hydrogen) atoms. The van der Waals surface area contributed by atoms with Gasteiger partial charge < -0.3 is 5.11 Å². The van der Waals surface area contributed by atoms with Crippen molar-refractivity contribution in [1.82, 2.24) is 15.0 Å². The zero-order valence-corrected chi connectivity index (χ0v) is 9.65. The Bertz CT molecular complexity index is 496. The summed E-state index contributed by atoms with van der Waals surface area (Å²) < 4.78 is 1.67. The standard InChI is InChI=1S/C11H12ClN3O/c1-8-10(12)3-2-4-11(8)15-7-9(5-6-16)13-14-15/h2-4,7,16H,5-6H2,1H3. The lowest BCUT2D eigenvalue weighted by atomic mass is 10.2. The first-order valence-corrected chi connectivity index (χ1v) is 5.37. The van der Waals surface area contributed by atoms with Crippen molar-refractivity contribution in [2.24, 2.45) is 0 Å². The van der Waals surface area contributed by atoms with Gasteiger partial charge in [-0.25, -0.2) is 4.68 Å². The third-order valence-electron chi connectivity index (χ3n) is 2.39. The summed E-state index contributed by atoms with van der Waals surface area (Å²) in [4.78, 5) is 0. The summed E-state index contributed by atoms with van der Waals surface area (Å²) in [6.07, 6.45) is 2.31. The van der Waals surface area contributed by atoms with Gasteiger partial charge in [-0.2, -0.15) is 0 Å². The molecule has 0 aliphatic heterocycles. The van der Waals surface area contributed by atoms with Crippen molar-refractivity contribution in [3.63, 3.8) is 0 Å². The van der Waals surface area contributed by atoms with Crippen LogP contribution in [0.4, 0.5) is 0 Å². The Kier molecular flexibility index (Phi) is 3.22. The second-order valence-electron chi connectivity index (χ2n) is 3.51. The monoisotopic (exact) mass is 237 g/mol. The van der Waals surface area contributed by atoms with Crippen LogP contribution in [-0.2, 0) is 6.42 Å². The molecule has 1 aromatic heterocycles. The van der Waals surface area contributed by atoms with Gasteiger partial charge in [-0.1, -0.05) is 22.9 Å². The minimum absolute atomic E-state index is 0.0766. The van der Waals surface area contributed by atoms with Crippen molar-refractivity contribution >= 4 is 11.6 Å². The highest BCUT2D eigenvalue weighted by Gasteiger charge is 2.06. The maximum atomic E-state index is 8.80. The third kappa shape index (κ3) is 2.08. The van der Waals surface area contributed by atoms with Crippen LogP contribution in [0.3, 0.4) is 0 Å². The number of hydrogen-bond donors (Lipinski definition) is 1. The average molecular weight is 238 g/mol. The van der Waals surface area contributed by atoms with Gasteiger partial charge in [0.1, 0.15) is 0 Å². The Morgan fingerprint density at radius 1 is 1.44 bits per heavy atom. The number of aromatic nitrogens is 3. The highest BCUT2D eigenvalue weighted by molar-refractivity contribution is 6.31. The van der Waals surface area contributed by atoms with Crippen LogP contribution in [0.25, 0.3) is 5.69 Å². The Balaban J connectivity index is 2.39. The summed E-state index contributed by atoms with van der Waals surface area (Å²) in [5.41, 5.74) is 2.63. The van der Waals surface area contributed by atoms with E-state index in [4.69, 9.17) is 16.7 Å². The maximum absolute atomic E-state index is 8.80. The van der Waals surface area contributed by atoms with Gasteiger partial charge in [-0.15, -0.1) is 5.10 Å². The van der Waals surface area contributed by atoms with E-state index in [0.717, 1.165) is 16.9 Å². The third-order valence-corrected chi connectivity index (χ3v) is 2.80. The van der Waals surface area contributed by atoms with E-state index < -0.39 is 0 Å². The first-order valence-electron chi connectivity index (χ1n) is 5.00. The van der Waals surface area contributed by atoms with Crippen molar-refractivity contribution in [1.29, 1.82) is 0 Å². The van der Waals surface area contributed by atoms with Crippen LogP contribution in [0.15, 0.2) is 24.4 Å². The van der Waals surface area contributed by atoms with Crippen LogP contribution in [0.1, 0.15) is 11.3 Å². The van der Waals surface area contributed by atoms with Gasteiger partial charge >= 0.3 is 0 Å². The minimum Gasteiger partial charge on any atom is -0.396 e. The molecule has 0 radical (unpaired) electrons. The van der Waals surface area contributed by atoms with E-state index in [0.29, 0.717) is 11.4 Å². The zero-order chi connectivity index (χ0) is 11.5. The fourth-order valence-corrected chi connectivity index (χ4v) is 1.66. The van der Waals surface area contributed by atoms with E-state index in [1.807, 2.05) is 25.1 Å². The zero-order valence-electron chi connectivity index (χ0n) is 8.89. The van der Waals surface area contributed by atoms with Crippen LogP contribution in [0.2, 0.25) is 5.02 Å². The molecule has 1 aromatic carbocycles. The summed E-state index contributed by atoms with van der Waals surface area (Å²) in [6.45, 7) is 2.01. The number of benzene rings is 1. The lowest BCUT2D eigenvalue weighted by molar-refractivity contribution is 0.298. The fourth-order valence-electron chi connectivity index (χ4n) is 1.49. The molecule has 0 spiro atoms. The van der Waals surface area contributed by atoms with Crippen molar-refractivity contribution in [2.45, 2.75) is 13.3 Å². The van der Waals surface area contributed by atoms with Gasteiger partial charge in [0.05, 0.1) is 17.6 Å². The molecule has 0 aliphatic carbocycles. The molecule has 0 bridgehead atoms. The topological polar surface area (TPSA) is 50.9 Å². The Morgan fingerprint density at radius 3 is 3.00 bits per heavy atom. The quantitative estimate of drug-likeness (QED) is 0.885. The van der Waals surface area contributed by atoms with Gasteiger partial charge in [0.15, 0.2) is 0 Å². The normalized spacial score (nSPS) is 10.7. The van der Waals surface area contributed by atoms with Crippen LogP contribution >= 0.6 is 11.6 Å². The molecule has 84 valence electrons. The molecule has 2 rings (SSSR count). The molecular formula is C11H12ClN3O. The van der Waals surface area contributed by atoms with Crippen molar-refractivity contribution in [3.05, 3.63) is 40.7 Å². The number of hydrogen-bond acceptors (Lipinski definition) is 3. The summed E-state index contributed by atoms with van der Waals surface area (Å²) in [7, 11) is 0. The molecule has 0 aliphatic rings. The van der Waals surface area contributed by atoms with Gasteiger partial charge in [0.25, 0.3) is 0 Å². The van der Waals surface area contributed by atoms with Crippen LogP contribution in [0, 0.1) is 6.92 Å². The first-order chi connectivity index (χ1) is 7.72. The molecule has 4 nitrogen and oxygen atoms in total. The van der Waals surface area contributed by atoms with E-state index in [-0.39, 0.29) is 6.61 Å². The highest BCUT2D eigenvalue weighted by atomic mass is 35.5. The lowest BCUT2D eigenvalue weighted by Gasteiger charge is -2.05. The van der Waals surface area contributed by atoms with E-state index in [9.17, 15) is 0 Å². The molecule has 1 heterocycles. The second kappa shape index (κ2) is 4.63. The van der Waals surface area contributed by atoms with Gasteiger partial charge in [0, 0.05) is 18.1 Å². The van der Waals surface area contributed by atoms with Gasteiger partial charge in [-0.05, 0) is 24.6 Å². The molecule has 2 aromatic rings. The summed E-state index contributed by atoms with van der Waals surface area (Å²) in [5.74, 6) is 0. The largest absolute Gasteiger partial charge is 0.396 e. The maximum Gasteiger partial charge on any atom is 0.0854 e. The van der Waals surface area contributed by atoms with Crippen LogP contribution < -0.4 is 0 Å². The molecule has 0 saturated carbocycles. The Hall–Kier alpha value is -1.39. The molecule has 0 fully saturated rings. The van der Waals surface area contributed by atoms with E-state index in [1.165, 1.54) is 0 Å². The Labute approximate surface area is 98.5 Å². The summed E-state index contributed by atoms with van der Waals surface area (Å²) >= 11 is 6.03. The molecule has 0 amide bonds. The molecule has 0 atom stereocenters. The highest BCUT2D eigenvalue weighted by Crippen LogP contribution is 2.21. The lowest BCUT2D eigenvalue weighted by Crippen LogP contribution is -1.98. The molecule has 0 saturated heterocycles. The van der Waals surface area contributed by atoms with Crippen molar-refractivity contribution in [3.8, 4) is 5.69 Å². The van der Waals surface area contributed by atoms with E-state index in [2.05, 4.69) is 10.3 Å². The van der Waals surface area contributed by atoms with E-state index in [1.54, 1.807) is 10.9 Å². The number of nitrogens with zero attached hydrogens (tertiary/aromatic N) is 3. The van der Waals surface area contributed by atoms with Crippen molar-refractivity contribution in [2.75, 3.05) is 6.61 Å². The second-order valence-corrected chi connectivity index (χ2v) is 3.92. The number of halogens is 1. The van der Waals surface area contributed by atoms with Gasteiger partial charge in [0.2, 0.25) is 0 Å². The van der Waals surface area contributed by atoms with E-state index >= 15 is 0 Å². The molecule has 1 N–H and O–H groups in total. The average Bonchev–Trinajstić information content (AvgIpc) is 2.71. The number of aliphatic hydroxyl groups is 1. The summed E-state index contributed by atoms with van der Waals surface area (Å²) in [5, 5.41) is 17.5.